The Kier molecular flexibility index (Phi) is 5.61. The molecule has 104 valence electrons. The van der Waals surface area contributed by atoms with Crippen LogP contribution in [0.1, 0.15) is 24.6 Å². The molecule has 18 heavy (non-hydrogen) atoms. The molecule has 0 radical (unpaired) electrons. The van der Waals surface area contributed by atoms with E-state index in [0.29, 0.717) is 23.3 Å². The fraction of sp³-hybridized carbons (Fsp3) is 0.700. The van der Waals surface area contributed by atoms with Crippen LogP contribution in [0.25, 0.3) is 0 Å². The topological polar surface area (TPSA) is 53.1 Å². The van der Waals surface area contributed by atoms with Crippen LogP contribution in [0.4, 0.5) is 13.2 Å². The molecule has 2 N–H and O–H groups in total. The summed E-state index contributed by atoms with van der Waals surface area (Å²) in [6, 6.07) is -0.708. The zero-order chi connectivity index (χ0) is 13.8. The number of nitrogens with zero attached hydrogens (tertiary/aromatic N) is 2. The maximum atomic E-state index is 12.2. The van der Waals surface area contributed by atoms with Gasteiger partial charge in [0.15, 0.2) is 0 Å². The van der Waals surface area contributed by atoms with E-state index in [9.17, 15) is 13.2 Å². The van der Waals surface area contributed by atoms with Crippen molar-refractivity contribution in [1.29, 1.82) is 0 Å². The zero-order valence-corrected chi connectivity index (χ0v) is 11.5. The molecule has 0 amide bonds. The number of aromatic nitrogens is 2. The van der Waals surface area contributed by atoms with Crippen LogP contribution in [0.15, 0.2) is 10.7 Å². The molecule has 0 bridgehead atoms. The van der Waals surface area contributed by atoms with Crippen molar-refractivity contribution in [3.05, 3.63) is 16.4 Å². The van der Waals surface area contributed by atoms with Crippen LogP contribution in [-0.2, 0) is 11.3 Å². The Morgan fingerprint density at radius 1 is 1.56 bits per heavy atom. The smallest absolute Gasteiger partial charge is 0.383 e. The third kappa shape index (κ3) is 4.58. The van der Waals surface area contributed by atoms with Crippen LogP contribution in [0, 0.1) is 0 Å². The van der Waals surface area contributed by atoms with Crippen molar-refractivity contribution < 1.29 is 17.9 Å². The van der Waals surface area contributed by atoms with Gasteiger partial charge >= 0.3 is 6.18 Å². The molecule has 0 aliphatic carbocycles. The molecule has 0 aromatic carbocycles. The van der Waals surface area contributed by atoms with Crippen LogP contribution in [0.3, 0.4) is 0 Å². The van der Waals surface area contributed by atoms with Gasteiger partial charge in [-0.05, 0) is 22.4 Å². The van der Waals surface area contributed by atoms with E-state index in [-0.39, 0.29) is 6.42 Å². The van der Waals surface area contributed by atoms with Crippen LogP contribution >= 0.6 is 15.9 Å². The van der Waals surface area contributed by atoms with Crippen molar-refractivity contribution in [2.45, 2.75) is 31.6 Å². The SMILES string of the molecule is COCCn1ncc(Br)c1C(N)CCC(F)(F)F. The second-order valence-electron chi connectivity index (χ2n) is 3.85. The second kappa shape index (κ2) is 6.53. The lowest BCUT2D eigenvalue weighted by Gasteiger charge is -2.16. The number of nitrogens with two attached hydrogens (primary N) is 1. The predicted octanol–water partition coefficient (Wildman–Crippen LogP) is 2.63. The Labute approximate surface area is 111 Å². The molecular formula is C10H15BrF3N3O. The number of halogens is 4. The molecule has 1 atom stereocenters. The first-order valence-electron chi connectivity index (χ1n) is 5.37. The fourth-order valence-corrected chi connectivity index (χ4v) is 2.14. The molecule has 0 saturated carbocycles. The lowest BCUT2D eigenvalue weighted by Crippen LogP contribution is -2.21. The quantitative estimate of drug-likeness (QED) is 0.872. The first-order chi connectivity index (χ1) is 8.35. The monoisotopic (exact) mass is 329 g/mol. The molecule has 0 aliphatic rings. The van der Waals surface area contributed by atoms with Crippen LogP contribution in [0.5, 0.6) is 0 Å². The van der Waals surface area contributed by atoms with Crippen molar-refractivity contribution >= 4 is 15.9 Å². The number of alkyl halides is 3. The number of hydrogen-bond donors (Lipinski definition) is 1. The molecule has 0 aliphatic heterocycles. The van der Waals surface area contributed by atoms with E-state index in [1.807, 2.05) is 0 Å². The van der Waals surface area contributed by atoms with E-state index in [0.717, 1.165) is 0 Å². The largest absolute Gasteiger partial charge is 0.389 e. The minimum Gasteiger partial charge on any atom is -0.383 e. The molecular weight excluding hydrogens is 315 g/mol. The summed E-state index contributed by atoms with van der Waals surface area (Å²) in [6.07, 6.45) is -3.74. The van der Waals surface area contributed by atoms with Crippen LogP contribution < -0.4 is 5.73 Å². The van der Waals surface area contributed by atoms with Crippen molar-refractivity contribution in [2.75, 3.05) is 13.7 Å². The minimum absolute atomic E-state index is 0.166. The number of rotatable bonds is 6. The summed E-state index contributed by atoms with van der Waals surface area (Å²) in [5, 5.41) is 4.05. The van der Waals surface area contributed by atoms with E-state index in [2.05, 4.69) is 21.0 Å². The average molecular weight is 330 g/mol. The van der Waals surface area contributed by atoms with Gasteiger partial charge in [-0.1, -0.05) is 0 Å². The summed E-state index contributed by atoms with van der Waals surface area (Å²) in [5.74, 6) is 0. The molecule has 4 nitrogen and oxygen atoms in total. The van der Waals surface area contributed by atoms with Gasteiger partial charge in [0.1, 0.15) is 0 Å². The van der Waals surface area contributed by atoms with Crippen molar-refractivity contribution in [1.82, 2.24) is 9.78 Å². The summed E-state index contributed by atoms with van der Waals surface area (Å²) in [7, 11) is 1.54. The van der Waals surface area contributed by atoms with Gasteiger partial charge in [-0.25, -0.2) is 0 Å². The Morgan fingerprint density at radius 2 is 2.22 bits per heavy atom. The maximum Gasteiger partial charge on any atom is 0.389 e. The number of hydrogen-bond acceptors (Lipinski definition) is 3. The molecule has 1 rings (SSSR count). The minimum atomic E-state index is -4.19. The highest BCUT2D eigenvalue weighted by atomic mass is 79.9. The summed E-state index contributed by atoms with van der Waals surface area (Å²) in [6.45, 7) is 0.879. The lowest BCUT2D eigenvalue weighted by atomic mass is 10.1. The molecule has 1 aromatic heterocycles. The lowest BCUT2D eigenvalue weighted by molar-refractivity contribution is -0.136. The number of methoxy groups -OCH3 is 1. The summed E-state index contributed by atoms with van der Waals surface area (Å²) < 4.78 is 43.5. The van der Waals surface area contributed by atoms with Gasteiger partial charge in [0, 0.05) is 19.6 Å². The Morgan fingerprint density at radius 3 is 2.78 bits per heavy atom. The highest BCUT2D eigenvalue weighted by Gasteiger charge is 2.29. The Hall–Kier alpha value is -0.600. The van der Waals surface area contributed by atoms with Gasteiger partial charge in [-0.2, -0.15) is 18.3 Å². The third-order valence-electron chi connectivity index (χ3n) is 2.43. The predicted molar refractivity (Wildman–Crippen MR) is 64.0 cm³/mol. The first-order valence-corrected chi connectivity index (χ1v) is 6.17. The third-order valence-corrected chi connectivity index (χ3v) is 3.04. The molecule has 0 fully saturated rings. The van der Waals surface area contributed by atoms with E-state index in [1.165, 1.54) is 6.20 Å². The van der Waals surface area contributed by atoms with E-state index in [4.69, 9.17) is 10.5 Å². The molecule has 1 unspecified atom stereocenters. The first kappa shape index (κ1) is 15.5. The van der Waals surface area contributed by atoms with E-state index in [1.54, 1.807) is 11.8 Å². The highest BCUT2D eigenvalue weighted by molar-refractivity contribution is 9.10. The zero-order valence-electron chi connectivity index (χ0n) is 9.88. The second-order valence-corrected chi connectivity index (χ2v) is 4.71. The maximum absolute atomic E-state index is 12.2. The van der Waals surface area contributed by atoms with Gasteiger partial charge in [0.05, 0.1) is 29.5 Å². The van der Waals surface area contributed by atoms with Crippen molar-refractivity contribution in [2.24, 2.45) is 5.73 Å². The van der Waals surface area contributed by atoms with Gasteiger partial charge in [-0.15, -0.1) is 0 Å². The van der Waals surface area contributed by atoms with Gasteiger partial charge in [-0.3, -0.25) is 4.68 Å². The highest BCUT2D eigenvalue weighted by Crippen LogP contribution is 2.29. The van der Waals surface area contributed by atoms with Crippen molar-refractivity contribution in [3.8, 4) is 0 Å². The van der Waals surface area contributed by atoms with Crippen LogP contribution in [-0.4, -0.2) is 29.7 Å². The number of ether oxygens (including phenoxy) is 1. The summed E-state index contributed by atoms with van der Waals surface area (Å²) >= 11 is 3.24. The van der Waals surface area contributed by atoms with Gasteiger partial charge < -0.3 is 10.5 Å². The molecule has 0 saturated heterocycles. The molecule has 1 aromatic rings. The standard InChI is InChI=1S/C10H15BrF3N3O/c1-18-5-4-17-9(7(11)6-16-17)8(15)2-3-10(12,13)14/h6,8H,2-5,15H2,1H3. The Bertz CT molecular complexity index is 381. The van der Waals surface area contributed by atoms with Gasteiger partial charge in [0.2, 0.25) is 0 Å². The molecule has 8 heteroatoms. The van der Waals surface area contributed by atoms with Gasteiger partial charge in [0.25, 0.3) is 0 Å². The molecule has 1 heterocycles. The average Bonchev–Trinajstić information content (AvgIpc) is 2.64. The fourth-order valence-electron chi connectivity index (χ4n) is 1.55. The summed E-state index contributed by atoms with van der Waals surface area (Å²) in [5.41, 5.74) is 6.35. The van der Waals surface area contributed by atoms with E-state index >= 15 is 0 Å². The normalized spacial score (nSPS) is 13.9. The van der Waals surface area contributed by atoms with Crippen molar-refractivity contribution in [3.63, 3.8) is 0 Å². The van der Waals surface area contributed by atoms with Crippen LogP contribution in [0.2, 0.25) is 0 Å². The molecule has 0 spiro atoms. The van der Waals surface area contributed by atoms with E-state index < -0.39 is 18.6 Å². The Balaban J connectivity index is 2.71. The summed E-state index contributed by atoms with van der Waals surface area (Å²) in [4.78, 5) is 0.